The number of rotatable bonds is 5. The summed E-state index contributed by atoms with van der Waals surface area (Å²) in [5.41, 5.74) is 4.00. The second-order valence-corrected chi connectivity index (χ2v) is 5.60. The molecular formula is C17H16N2OS. The second-order valence-electron chi connectivity index (χ2n) is 4.66. The fourth-order valence-corrected chi connectivity index (χ4v) is 2.88. The summed E-state index contributed by atoms with van der Waals surface area (Å²) in [4.78, 5) is 4.64. The summed E-state index contributed by atoms with van der Waals surface area (Å²) >= 11 is 1.64. The van der Waals surface area contributed by atoms with Crippen LogP contribution >= 0.6 is 11.3 Å². The highest BCUT2D eigenvalue weighted by atomic mass is 32.1. The zero-order chi connectivity index (χ0) is 14.5. The Hall–Kier alpha value is -2.17. The van der Waals surface area contributed by atoms with Crippen molar-refractivity contribution in [3.8, 4) is 11.3 Å². The molecule has 0 atom stereocenters. The summed E-state index contributed by atoms with van der Waals surface area (Å²) in [6.07, 6.45) is 0. The number of hydrogen-bond donors (Lipinski definition) is 2. The van der Waals surface area contributed by atoms with E-state index < -0.39 is 0 Å². The number of benzene rings is 2. The first-order valence-corrected chi connectivity index (χ1v) is 7.67. The molecule has 21 heavy (non-hydrogen) atoms. The Morgan fingerprint density at radius 2 is 1.76 bits per heavy atom. The van der Waals surface area contributed by atoms with E-state index in [2.05, 4.69) is 27.8 Å². The predicted molar refractivity (Wildman–Crippen MR) is 87.2 cm³/mol. The van der Waals surface area contributed by atoms with Gasteiger partial charge in [-0.05, 0) is 6.07 Å². The number of aliphatic hydroxyl groups excluding tert-OH is 1. The van der Waals surface area contributed by atoms with E-state index in [0.717, 1.165) is 27.5 Å². The molecule has 0 radical (unpaired) electrons. The number of aliphatic hydroxyl groups is 1. The Labute approximate surface area is 127 Å². The van der Waals surface area contributed by atoms with Crippen LogP contribution in [0.5, 0.6) is 0 Å². The maximum Gasteiger partial charge on any atom is 0.112 e. The largest absolute Gasteiger partial charge is 0.392 e. The Morgan fingerprint density at radius 1 is 1.00 bits per heavy atom. The van der Waals surface area contributed by atoms with Crippen molar-refractivity contribution in [2.24, 2.45) is 0 Å². The third kappa shape index (κ3) is 3.29. The molecule has 3 aromatic rings. The van der Waals surface area contributed by atoms with Crippen molar-refractivity contribution in [1.29, 1.82) is 0 Å². The van der Waals surface area contributed by atoms with Crippen LogP contribution in [0.3, 0.4) is 0 Å². The molecule has 0 aliphatic heterocycles. The maximum absolute atomic E-state index is 9.32. The summed E-state index contributed by atoms with van der Waals surface area (Å²) in [6.45, 7) is 0.699. The highest BCUT2D eigenvalue weighted by Gasteiger charge is 2.05. The lowest BCUT2D eigenvalue weighted by molar-refractivity contribution is 0.282. The normalized spacial score (nSPS) is 10.5. The van der Waals surface area contributed by atoms with Gasteiger partial charge in [0.25, 0.3) is 0 Å². The van der Waals surface area contributed by atoms with Crippen LogP contribution in [0.1, 0.15) is 10.6 Å². The first kappa shape index (κ1) is 13.8. The van der Waals surface area contributed by atoms with Gasteiger partial charge in [-0.15, -0.1) is 11.3 Å². The average Bonchev–Trinajstić information content (AvgIpc) is 3.03. The van der Waals surface area contributed by atoms with E-state index in [0.29, 0.717) is 6.54 Å². The van der Waals surface area contributed by atoms with Gasteiger partial charge in [-0.1, -0.05) is 48.5 Å². The predicted octanol–water partition coefficient (Wildman–Crippen LogP) is 3.91. The first-order chi connectivity index (χ1) is 10.4. The highest BCUT2D eigenvalue weighted by Crippen LogP contribution is 2.23. The summed E-state index contributed by atoms with van der Waals surface area (Å²) in [7, 11) is 0. The molecule has 2 N–H and O–H groups in total. The van der Waals surface area contributed by atoms with Gasteiger partial charge in [-0.25, -0.2) is 4.98 Å². The van der Waals surface area contributed by atoms with Crippen molar-refractivity contribution in [1.82, 2.24) is 4.98 Å². The third-order valence-corrected chi connectivity index (χ3v) is 4.09. The van der Waals surface area contributed by atoms with Gasteiger partial charge in [-0.3, -0.25) is 0 Å². The Kier molecular flexibility index (Phi) is 4.28. The average molecular weight is 296 g/mol. The quantitative estimate of drug-likeness (QED) is 0.750. The zero-order valence-electron chi connectivity index (χ0n) is 11.5. The van der Waals surface area contributed by atoms with Crippen LogP contribution in [-0.4, -0.2) is 10.1 Å². The highest BCUT2D eigenvalue weighted by molar-refractivity contribution is 7.09. The fourth-order valence-electron chi connectivity index (χ4n) is 2.14. The van der Waals surface area contributed by atoms with Crippen LogP contribution < -0.4 is 5.32 Å². The van der Waals surface area contributed by atoms with Crippen LogP contribution in [-0.2, 0) is 13.2 Å². The lowest BCUT2D eigenvalue weighted by Crippen LogP contribution is -2.02. The summed E-state index contributed by atoms with van der Waals surface area (Å²) in [5.74, 6) is 0. The molecule has 0 fully saturated rings. The van der Waals surface area contributed by atoms with Gasteiger partial charge >= 0.3 is 0 Å². The number of nitrogens with zero attached hydrogens (tertiary/aromatic N) is 1. The van der Waals surface area contributed by atoms with Gasteiger partial charge in [0.05, 0.1) is 18.8 Å². The molecule has 0 aliphatic carbocycles. The molecule has 0 amide bonds. The smallest absolute Gasteiger partial charge is 0.112 e. The minimum atomic E-state index is 0.0380. The van der Waals surface area contributed by atoms with Crippen LogP contribution in [0.15, 0.2) is 60.0 Å². The van der Waals surface area contributed by atoms with Crippen molar-refractivity contribution in [2.75, 3.05) is 5.32 Å². The molecule has 106 valence electrons. The van der Waals surface area contributed by atoms with Gasteiger partial charge in [0.1, 0.15) is 5.01 Å². The maximum atomic E-state index is 9.32. The van der Waals surface area contributed by atoms with Crippen molar-refractivity contribution in [3.63, 3.8) is 0 Å². The molecule has 0 unspecified atom stereocenters. The molecule has 2 aromatic carbocycles. The van der Waals surface area contributed by atoms with Gasteiger partial charge < -0.3 is 10.4 Å². The van der Waals surface area contributed by atoms with Crippen molar-refractivity contribution in [3.05, 3.63) is 70.5 Å². The molecule has 0 saturated carbocycles. The number of para-hydroxylation sites is 1. The number of nitrogens with one attached hydrogen (secondary N) is 1. The number of hydrogen-bond acceptors (Lipinski definition) is 4. The Morgan fingerprint density at radius 3 is 2.57 bits per heavy atom. The Bertz CT molecular complexity index is 710. The molecule has 0 aliphatic rings. The number of aromatic nitrogens is 1. The fraction of sp³-hybridized carbons (Fsp3) is 0.118. The number of anilines is 1. The van der Waals surface area contributed by atoms with Gasteiger partial charge in [0, 0.05) is 22.2 Å². The van der Waals surface area contributed by atoms with E-state index in [-0.39, 0.29) is 6.61 Å². The minimum absolute atomic E-state index is 0.0380. The molecule has 4 heteroatoms. The molecule has 1 heterocycles. The van der Waals surface area contributed by atoms with E-state index in [4.69, 9.17) is 0 Å². The third-order valence-electron chi connectivity index (χ3n) is 3.24. The first-order valence-electron chi connectivity index (χ1n) is 6.79. The van der Waals surface area contributed by atoms with Crippen LogP contribution in [0.4, 0.5) is 5.69 Å². The summed E-state index contributed by atoms with van der Waals surface area (Å²) < 4.78 is 0. The van der Waals surface area contributed by atoms with E-state index in [1.165, 1.54) is 0 Å². The van der Waals surface area contributed by atoms with E-state index >= 15 is 0 Å². The summed E-state index contributed by atoms with van der Waals surface area (Å²) in [5, 5.41) is 15.8. The van der Waals surface area contributed by atoms with Crippen LogP contribution in [0, 0.1) is 0 Å². The minimum Gasteiger partial charge on any atom is -0.392 e. The van der Waals surface area contributed by atoms with E-state index in [1.807, 2.05) is 42.5 Å². The summed E-state index contributed by atoms with van der Waals surface area (Å²) in [6, 6.07) is 17.9. The van der Waals surface area contributed by atoms with Crippen LogP contribution in [0.2, 0.25) is 0 Å². The molecule has 0 spiro atoms. The van der Waals surface area contributed by atoms with Gasteiger partial charge in [-0.2, -0.15) is 0 Å². The monoisotopic (exact) mass is 296 g/mol. The van der Waals surface area contributed by atoms with Crippen molar-refractivity contribution >= 4 is 17.0 Å². The molecule has 0 bridgehead atoms. The van der Waals surface area contributed by atoms with Crippen molar-refractivity contribution < 1.29 is 5.11 Å². The second kappa shape index (κ2) is 6.52. The Balaban J connectivity index is 1.71. The lowest BCUT2D eigenvalue weighted by atomic mass is 10.2. The number of thiazole rings is 1. The van der Waals surface area contributed by atoms with E-state index in [1.54, 1.807) is 11.3 Å². The van der Waals surface area contributed by atoms with Crippen molar-refractivity contribution in [2.45, 2.75) is 13.2 Å². The molecule has 1 aromatic heterocycles. The topological polar surface area (TPSA) is 45.1 Å². The SMILES string of the molecule is OCc1ccccc1NCc1nc(-c2ccccc2)cs1. The molecule has 3 nitrogen and oxygen atoms in total. The standard InChI is InChI=1S/C17H16N2OS/c20-11-14-8-4-5-9-15(14)18-10-17-19-16(12-21-17)13-6-2-1-3-7-13/h1-9,12,18,20H,10-11H2. The zero-order valence-corrected chi connectivity index (χ0v) is 12.3. The van der Waals surface area contributed by atoms with Gasteiger partial charge in [0.15, 0.2) is 0 Å². The van der Waals surface area contributed by atoms with Crippen LogP contribution in [0.25, 0.3) is 11.3 Å². The molecule has 3 rings (SSSR count). The molecular weight excluding hydrogens is 280 g/mol. The van der Waals surface area contributed by atoms with Gasteiger partial charge in [0.2, 0.25) is 0 Å². The lowest BCUT2D eigenvalue weighted by Gasteiger charge is -2.08. The molecule has 0 saturated heterocycles. The van der Waals surface area contributed by atoms with E-state index in [9.17, 15) is 5.11 Å².